The maximum absolute atomic E-state index is 11.8. The van der Waals surface area contributed by atoms with Gasteiger partial charge in [-0.2, -0.15) is 4.39 Å². The number of rotatable bonds is 4. The maximum Gasteiger partial charge on any atom is 0.366 e. The van der Waals surface area contributed by atoms with Crippen molar-refractivity contribution in [3.8, 4) is 0 Å². The smallest absolute Gasteiger partial charge is 0.366 e. The van der Waals surface area contributed by atoms with Gasteiger partial charge in [-0.15, -0.1) is 0 Å². The molecule has 0 spiro atoms. The standard InChI is InChI=1S/C6H9FO3.C3H3FO.C2H6/c1-4(3-8)10-6(9)5(2)7;1-3(4)2-5;1-2/h4,8H,2-3H2,1H3;2H,1H2;1-2H3. The topological polar surface area (TPSA) is 63.6 Å². The van der Waals surface area contributed by atoms with Crippen LogP contribution in [0.4, 0.5) is 8.78 Å². The van der Waals surface area contributed by atoms with E-state index < -0.39 is 23.7 Å². The Bertz CT molecular complexity index is 252. The average Bonchev–Trinajstić information content (AvgIpc) is 2.31. The lowest BCUT2D eigenvalue weighted by atomic mass is 10.4. The molecule has 0 heterocycles. The molecule has 17 heavy (non-hydrogen) atoms. The van der Waals surface area contributed by atoms with Crippen molar-refractivity contribution in [3.63, 3.8) is 0 Å². The first-order chi connectivity index (χ1) is 7.84. The van der Waals surface area contributed by atoms with E-state index in [-0.39, 0.29) is 12.9 Å². The minimum Gasteiger partial charge on any atom is -0.455 e. The summed E-state index contributed by atoms with van der Waals surface area (Å²) in [5.74, 6) is -3.20. The number of aldehydes is 1. The predicted octanol–water partition coefficient (Wildman–Crippen LogP) is 2.09. The number of esters is 1. The van der Waals surface area contributed by atoms with Crippen LogP contribution in [0.3, 0.4) is 0 Å². The molecule has 0 aromatic rings. The zero-order valence-corrected chi connectivity index (χ0v) is 10.2. The van der Waals surface area contributed by atoms with E-state index in [9.17, 15) is 13.6 Å². The predicted molar refractivity (Wildman–Crippen MR) is 60.5 cm³/mol. The summed E-state index contributed by atoms with van der Waals surface area (Å²) in [5.41, 5.74) is 0. The number of hydrogen-bond donors (Lipinski definition) is 1. The molecule has 4 nitrogen and oxygen atoms in total. The van der Waals surface area contributed by atoms with Crippen molar-refractivity contribution in [1.29, 1.82) is 0 Å². The molecule has 0 aliphatic carbocycles. The van der Waals surface area contributed by atoms with E-state index in [0.717, 1.165) is 0 Å². The first kappa shape index (κ1) is 20.8. The molecule has 0 saturated carbocycles. The number of carbonyl (C=O) groups excluding carboxylic acids is 2. The van der Waals surface area contributed by atoms with Gasteiger partial charge in [0.05, 0.1) is 6.61 Å². The number of aliphatic hydroxyl groups is 1. The zero-order valence-electron chi connectivity index (χ0n) is 10.2. The molecule has 0 rings (SSSR count). The highest BCUT2D eigenvalue weighted by Gasteiger charge is 2.10. The molecule has 0 fully saturated rings. The van der Waals surface area contributed by atoms with Gasteiger partial charge in [0.1, 0.15) is 6.10 Å². The summed E-state index contributed by atoms with van der Waals surface area (Å²) >= 11 is 0. The van der Waals surface area contributed by atoms with Crippen molar-refractivity contribution in [3.05, 3.63) is 24.8 Å². The highest BCUT2D eigenvalue weighted by atomic mass is 19.1. The SMILES string of the molecule is C=C(F)C(=O)OC(C)CO.C=C(F)C=O.CC. The number of carbonyl (C=O) groups is 2. The van der Waals surface area contributed by atoms with Gasteiger partial charge in [-0.3, -0.25) is 4.79 Å². The van der Waals surface area contributed by atoms with Gasteiger partial charge in [-0.05, 0) is 6.92 Å². The number of halogens is 2. The summed E-state index contributed by atoms with van der Waals surface area (Å²) in [6, 6.07) is 0. The van der Waals surface area contributed by atoms with E-state index in [1.54, 1.807) is 0 Å². The van der Waals surface area contributed by atoms with Crippen LogP contribution in [0.25, 0.3) is 0 Å². The Balaban J connectivity index is -0.000000236. The molecule has 0 saturated heterocycles. The highest BCUT2D eigenvalue weighted by Crippen LogP contribution is 1.98. The molecule has 0 aliphatic heterocycles. The molecule has 100 valence electrons. The van der Waals surface area contributed by atoms with E-state index in [1.807, 2.05) is 13.8 Å². The molecule has 0 amide bonds. The fourth-order valence-electron chi connectivity index (χ4n) is 0.284. The van der Waals surface area contributed by atoms with Crippen LogP contribution in [0.1, 0.15) is 20.8 Å². The zero-order chi connectivity index (χ0) is 14.4. The number of aliphatic hydroxyl groups excluding tert-OH is 1. The molecule has 6 heteroatoms. The van der Waals surface area contributed by atoms with Crippen LogP contribution in [-0.4, -0.2) is 30.1 Å². The van der Waals surface area contributed by atoms with E-state index >= 15 is 0 Å². The highest BCUT2D eigenvalue weighted by molar-refractivity contribution is 5.85. The second-order valence-electron chi connectivity index (χ2n) is 2.37. The molecule has 1 N–H and O–H groups in total. The minimum absolute atomic E-state index is 0.0556. The third-order valence-corrected chi connectivity index (χ3v) is 0.915. The largest absolute Gasteiger partial charge is 0.455 e. The van der Waals surface area contributed by atoms with Crippen molar-refractivity contribution in [2.45, 2.75) is 26.9 Å². The van der Waals surface area contributed by atoms with Gasteiger partial charge in [0, 0.05) is 0 Å². The number of hydrogen-bond acceptors (Lipinski definition) is 4. The fraction of sp³-hybridized carbons (Fsp3) is 0.455. The van der Waals surface area contributed by atoms with Crippen molar-refractivity contribution in [2.75, 3.05) is 6.61 Å². The molecule has 1 atom stereocenters. The van der Waals surface area contributed by atoms with Crippen LogP contribution in [0.15, 0.2) is 24.8 Å². The Labute approximate surface area is 99.6 Å². The van der Waals surface area contributed by atoms with Gasteiger partial charge >= 0.3 is 5.97 Å². The van der Waals surface area contributed by atoms with E-state index in [1.165, 1.54) is 6.92 Å². The number of allylic oxidation sites excluding steroid dienone is 1. The van der Waals surface area contributed by atoms with Crippen LogP contribution in [-0.2, 0) is 14.3 Å². The van der Waals surface area contributed by atoms with Gasteiger partial charge in [0.2, 0.25) is 5.83 Å². The number of ether oxygens (including phenoxy) is 1. The van der Waals surface area contributed by atoms with Crippen LogP contribution >= 0.6 is 0 Å². The van der Waals surface area contributed by atoms with Gasteiger partial charge in [0.25, 0.3) is 0 Å². The molecule has 0 radical (unpaired) electrons. The molecule has 0 aromatic carbocycles. The van der Waals surface area contributed by atoms with Crippen molar-refractivity contribution >= 4 is 12.3 Å². The molecule has 0 bridgehead atoms. The summed E-state index contributed by atoms with van der Waals surface area (Å²) in [7, 11) is 0. The van der Waals surface area contributed by atoms with E-state index in [4.69, 9.17) is 9.90 Å². The lowest BCUT2D eigenvalue weighted by Crippen LogP contribution is -2.18. The van der Waals surface area contributed by atoms with Crippen molar-refractivity contribution in [2.24, 2.45) is 0 Å². The third-order valence-electron chi connectivity index (χ3n) is 0.915. The summed E-state index contributed by atoms with van der Waals surface area (Å²) in [6.07, 6.45) is -0.625. The second kappa shape index (κ2) is 14.4. The van der Waals surface area contributed by atoms with Crippen molar-refractivity contribution < 1.29 is 28.2 Å². The third kappa shape index (κ3) is 20.5. The van der Waals surface area contributed by atoms with Crippen LogP contribution in [0.2, 0.25) is 0 Å². The quantitative estimate of drug-likeness (QED) is 0.472. The Kier molecular flexibility index (Phi) is 17.7. The lowest BCUT2D eigenvalue weighted by Gasteiger charge is -2.07. The Morgan fingerprint density at radius 1 is 1.41 bits per heavy atom. The average molecular weight is 252 g/mol. The first-order valence-electron chi connectivity index (χ1n) is 4.81. The first-order valence-corrected chi connectivity index (χ1v) is 4.81. The van der Waals surface area contributed by atoms with E-state index in [2.05, 4.69) is 17.9 Å². The monoisotopic (exact) mass is 252 g/mol. The summed E-state index contributed by atoms with van der Waals surface area (Å²) < 4.78 is 27.0. The Hall–Kier alpha value is -1.56. The molecule has 0 aliphatic rings. The summed E-state index contributed by atoms with van der Waals surface area (Å²) in [5, 5.41) is 8.34. The summed E-state index contributed by atoms with van der Waals surface area (Å²) in [6.45, 7) is 10.5. The Morgan fingerprint density at radius 3 is 1.94 bits per heavy atom. The lowest BCUT2D eigenvalue weighted by molar-refractivity contribution is -0.146. The van der Waals surface area contributed by atoms with Gasteiger partial charge in [0.15, 0.2) is 12.1 Å². The summed E-state index contributed by atoms with van der Waals surface area (Å²) in [4.78, 5) is 19.3. The normalized spacial score (nSPS) is 9.53. The van der Waals surface area contributed by atoms with Crippen LogP contribution in [0, 0.1) is 0 Å². The maximum atomic E-state index is 11.8. The second-order valence-corrected chi connectivity index (χ2v) is 2.37. The Morgan fingerprint density at radius 2 is 1.76 bits per heavy atom. The fourth-order valence-corrected chi connectivity index (χ4v) is 0.284. The minimum atomic E-state index is -1.15. The van der Waals surface area contributed by atoms with Gasteiger partial charge < -0.3 is 9.84 Å². The van der Waals surface area contributed by atoms with Gasteiger partial charge in [-0.1, -0.05) is 27.0 Å². The molecular weight excluding hydrogens is 234 g/mol. The van der Waals surface area contributed by atoms with Crippen molar-refractivity contribution in [1.82, 2.24) is 0 Å². The molecular formula is C11H18F2O4. The van der Waals surface area contributed by atoms with Crippen LogP contribution in [0.5, 0.6) is 0 Å². The molecule has 1 unspecified atom stereocenters. The molecule has 0 aromatic heterocycles. The van der Waals surface area contributed by atoms with Crippen LogP contribution < -0.4 is 0 Å². The van der Waals surface area contributed by atoms with Gasteiger partial charge in [-0.25, -0.2) is 9.18 Å². The van der Waals surface area contributed by atoms with E-state index in [0.29, 0.717) is 0 Å².